The van der Waals surface area contributed by atoms with Crippen LogP contribution < -0.4 is 0 Å². The second-order valence-electron chi connectivity index (χ2n) is 4.19. The molecule has 3 aromatic rings. The lowest BCUT2D eigenvalue weighted by Gasteiger charge is -2.05. The summed E-state index contributed by atoms with van der Waals surface area (Å²) in [5, 5.41) is 11.2. The molecule has 0 aliphatic heterocycles. The van der Waals surface area contributed by atoms with E-state index in [0.29, 0.717) is 11.3 Å². The summed E-state index contributed by atoms with van der Waals surface area (Å²) in [6, 6.07) is 8.44. The smallest absolute Gasteiger partial charge is 0.356 e. The van der Waals surface area contributed by atoms with E-state index >= 15 is 0 Å². The summed E-state index contributed by atoms with van der Waals surface area (Å²) in [6.07, 6.45) is 0. The van der Waals surface area contributed by atoms with Gasteiger partial charge in [0.2, 0.25) is 0 Å². The maximum atomic E-state index is 11.9. The van der Waals surface area contributed by atoms with Crippen LogP contribution in [0, 0.1) is 0 Å². The highest BCUT2D eigenvalue weighted by molar-refractivity contribution is 7.13. The van der Waals surface area contributed by atoms with Gasteiger partial charge in [0.05, 0.1) is 17.5 Å². The molecular weight excluding hydrogens is 292 g/mol. The number of hydrogen-bond donors (Lipinski definition) is 1. The molecule has 3 heterocycles. The van der Waals surface area contributed by atoms with Crippen molar-refractivity contribution < 1.29 is 19.4 Å². The van der Waals surface area contributed by atoms with Gasteiger partial charge in [0.15, 0.2) is 11.5 Å². The number of carboxylic acids is 1. The molecule has 0 spiro atoms. The molecule has 0 aliphatic carbocycles. The Bertz CT molecular complexity index is 836. The summed E-state index contributed by atoms with van der Waals surface area (Å²) >= 11 is 1.42. The molecule has 0 saturated heterocycles. The Labute approximate surface area is 123 Å². The lowest BCUT2D eigenvalue weighted by atomic mass is 10.3. The summed E-state index contributed by atoms with van der Waals surface area (Å²) in [7, 11) is 1.28. The van der Waals surface area contributed by atoms with Crippen LogP contribution in [0.5, 0.6) is 0 Å². The highest BCUT2D eigenvalue weighted by Crippen LogP contribution is 2.28. The summed E-state index contributed by atoms with van der Waals surface area (Å²) < 4.78 is 6.27. The molecule has 0 saturated carbocycles. The van der Waals surface area contributed by atoms with Crippen molar-refractivity contribution in [1.29, 1.82) is 0 Å². The number of aromatic carboxylic acids is 1. The average molecular weight is 302 g/mol. The summed E-state index contributed by atoms with van der Waals surface area (Å²) in [5.41, 5.74) is 0.497. The normalized spacial score (nSPS) is 10.7. The van der Waals surface area contributed by atoms with E-state index < -0.39 is 11.9 Å². The number of carboxylic acid groups (broad SMARTS) is 1. The molecule has 3 rings (SSSR count). The number of carbonyl (C=O) groups is 2. The standard InChI is InChI=1S/C14H10N2O4S/c1-20-14(19)9-5-2-4-8-11(13(17)18)15-12(16(8)9)10-6-3-7-21-10/h2-7H,1H3,(H,17,18). The highest BCUT2D eigenvalue weighted by atomic mass is 32.1. The number of rotatable bonds is 3. The molecule has 0 amide bonds. The molecule has 1 N–H and O–H groups in total. The predicted molar refractivity (Wildman–Crippen MR) is 76.8 cm³/mol. The van der Waals surface area contributed by atoms with Gasteiger partial charge in [0.25, 0.3) is 0 Å². The van der Waals surface area contributed by atoms with Crippen LogP contribution in [0.1, 0.15) is 21.0 Å². The summed E-state index contributed by atoms with van der Waals surface area (Å²) in [5.74, 6) is -1.27. The first-order chi connectivity index (χ1) is 10.1. The van der Waals surface area contributed by atoms with Gasteiger partial charge >= 0.3 is 11.9 Å². The van der Waals surface area contributed by atoms with E-state index in [1.165, 1.54) is 22.8 Å². The first kappa shape index (κ1) is 13.3. The van der Waals surface area contributed by atoms with Gasteiger partial charge in [-0.15, -0.1) is 11.3 Å². The van der Waals surface area contributed by atoms with Crippen LogP contribution in [0.15, 0.2) is 35.7 Å². The molecular formula is C14H10N2O4S. The second-order valence-corrected chi connectivity index (χ2v) is 5.14. The van der Waals surface area contributed by atoms with E-state index in [-0.39, 0.29) is 11.4 Å². The van der Waals surface area contributed by atoms with Crippen molar-refractivity contribution in [3.8, 4) is 10.7 Å². The first-order valence-electron chi connectivity index (χ1n) is 6.00. The maximum Gasteiger partial charge on any atom is 0.356 e. The Morgan fingerprint density at radius 1 is 1.29 bits per heavy atom. The van der Waals surface area contributed by atoms with Gasteiger partial charge in [-0.25, -0.2) is 14.6 Å². The molecule has 0 atom stereocenters. The number of ether oxygens (including phenoxy) is 1. The third-order valence-electron chi connectivity index (χ3n) is 3.00. The predicted octanol–water partition coefficient (Wildman–Crippen LogP) is 2.55. The first-order valence-corrected chi connectivity index (χ1v) is 6.88. The zero-order chi connectivity index (χ0) is 15.0. The van der Waals surface area contributed by atoms with Crippen LogP contribution >= 0.6 is 11.3 Å². The fourth-order valence-corrected chi connectivity index (χ4v) is 2.83. The molecule has 0 aliphatic rings. The summed E-state index contributed by atoms with van der Waals surface area (Å²) in [6.45, 7) is 0. The molecule has 106 valence electrons. The monoisotopic (exact) mass is 302 g/mol. The number of esters is 1. The molecule has 6 nitrogen and oxygen atoms in total. The number of thiophene rings is 1. The molecule has 7 heteroatoms. The average Bonchev–Trinajstić information content (AvgIpc) is 3.12. The van der Waals surface area contributed by atoms with Crippen molar-refractivity contribution in [3.63, 3.8) is 0 Å². The second kappa shape index (κ2) is 5.02. The van der Waals surface area contributed by atoms with Crippen LogP contribution in [0.2, 0.25) is 0 Å². The fourth-order valence-electron chi connectivity index (χ4n) is 2.13. The Kier molecular flexibility index (Phi) is 3.19. The third kappa shape index (κ3) is 2.07. The van der Waals surface area contributed by atoms with Gasteiger partial charge in [0.1, 0.15) is 5.69 Å². The van der Waals surface area contributed by atoms with Crippen molar-refractivity contribution in [2.24, 2.45) is 0 Å². The number of aromatic nitrogens is 2. The van der Waals surface area contributed by atoms with Crippen molar-refractivity contribution >= 4 is 28.8 Å². The quantitative estimate of drug-likeness (QED) is 0.752. The van der Waals surface area contributed by atoms with Crippen LogP contribution in [-0.4, -0.2) is 33.5 Å². The van der Waals surface area contributed by atoms with Gasteiger partial charge in [-0.2, -0.15) is 0 Å². The number of methoxy groups -OCH3 is 1. The highest BCUT2D eigenvalue weighted by Gasteiger charge is 2.22. The van der Waals surface area contributed by atoms with Crippen LogP contribution in [0.4, 0.5) is 0 Å². The van der Waals surface area contributed by atoms with E-state index in [0.717, 1.165) is 4.88 Å². The number of nitrogens with zero attached hydrogens (tertiary/aromatic N) is 2. The molecule has 0 bridgehead atoms. The number of carbonyl (C=O) groups excluding carboxylic acids is 1. The van der Waals surface area contributed by atoms with Crippen molar-refractivity contribution in [1.82, 2.24) is 9.38 Å². The van der Waals surface area contributed by atoms with Crippen molar-refractivity contribution in [2.45, 2.75) is 0 Å². The van der Waals surface area contributed by atoms with Gasteiger partial charge in [0, 0.05) is 0 Å². The molecule has 0 fully saturated rings. The largest absolute Gasteiger partial charge is 0.476 e. The van der Waals surface area contributed by atoms with E-state index in [2.05, 4.69) is 4.98 Å². The van der Waals surface area contributed by atoms with Crippen molar-refractivity contribution in [3.05, 3.63) is 47.1 Å². The molecule has 3 aromatic heterocycles. The zero-order valence-electron chi connectivity index (χ0n) is 10.9. The minimum absolute atomic E-state index is 0.0934. The maximum absolute atomic E-state index is 11.9. The molecule has 0 aromatic carbocycles. The Hall–Kier alpha value is -2.67. The van der Waals surface area contributed by atoms with E-state index in [1.807, 2.05) is 17.5 Å². The van der Waals surface area contributed by atoms with E-state index in [4.69, 9.17) is 4.74 Å². The Morgan fingerprint density at radius 2 is 2.10 bits per heavy atom. The lowest BCUT2D eigenvalue weighted by Crippen LogP contribution is -2.08. The van der Waals surface area contributed by atoms with Gasteiger partial charge in [-0.3, -0.25) is 4.40 Å². The van der Waals surface area contributed by atoms with Crippen LogP contribution in [0.3, 0.4) is 0 Å². The zero-order valence-corrected chi connectivity index (χ0v) is 11.8. The number of imidazole rings is 1. The van der Waals surface area contributed by atoms with Crippen molar-refractivity contribution in [2.75, 3.05) is 7.11 Å². The lowest BCUT2D eigenvalue weighted by molar-refractivity contribution is 0.0591. The van der Waals surface area contributed by atoms with Gasteiger partial charge in [-0.1, -0.05) is 12.1 Å². The topological polar surface area (TPSA) is 80.9 Å². The van der Waals surface area contributed by atoms with E-state index in [1.54, 1.807) is 18.2 Å². The Balaban J connectivity index is 2.41. The van der Waals surface area contributed by atoms with Gasteiger partial charge in [-0.05, 0) is 23.6 Å². The third-order valence-corrected chi connectivity index (χ3v) is 3.87. The number of pyridine rings is 1. The number of hydrogen-bond acceptors (Lipinski definition) is 5. The summed E-state index contributed by atoms with van der Waals surface area (Å²) in [4.78, 5) is 28.2. The van der Waals surface area contributed by atoms with Crippen LogP contribution in [0.25, 0.3) is 16.2 Å². The minimum atomic E-state index is -1.14. The number of fused-ring (bicyclic) bond motifs is 1. The minimum Gasteiger partial charge on any atom is -0.476 e. The Morgan fingerprint density at radius 3 is 2.71 bits per heavy atom. The van der Waals surface area contributed by atoms with E-state index in [9.17, 15) is 14.7 Å². The fraction of sp³-hybridized carbons (Fsp3) is 0.0714. The molecule has 21 heavy (non-hydrogen) atoms. The molecule has 0 unspecified atom stereocenters. The SMILES string of the molecule is COC(=O)c1cccc2c(C(=O)O)nc(-c3cccs3)n12. The van der Waals surface area contributed by atoms with Crippen LogP contribution in [-0.2, 0) is 4.74 Å². The van der Waals surface area contributed by atoms with Gasteiger partial charge < -0.3 is 9.84 Å². The molecule has 0 radical (unpaired) electrons.